The van der Waals surface area contributed by atoms with Gasteiger partial charge in [-0.15, -0.1) is 0 Å². The number of hydrogen-bond donors (Lipinski definition) is 1. The van der Waals surface area contributed by atoms with E-state index in [1.807, 2.05) is 18.2 Å². The molecular weight excluding hydrogens is 317 g/mol. The van der Waals surface area contributed by atoms with Crippen LogP contribution in [-0.4, -0.2) is 37.4 Å². The van der Waals surface area contributed by atoms with Crippen molar-refractivity contribution in [1.29, 1.82) is 0 Å². The number of methoxy groups -OCH3 is 1. The fraction of sp³-hybridized carbons (Fsp3) is 0.421. The number of hydrogen-bond acceptors (Lipinski definition) is 5. The molecule has 2 aromatic rings. The van der Waals surface area contributed by atoms with Gasteiger partial charge in [0.2, 0.25) is 0 Å². The van der Waals surface area contributed by atoms with Crippen molar-refractivity contribution in [1.82, 2.24) is 4.98 Å². The Hall–Kier alpha value is -2.05. The van der Waals surface area contributed by atoms with Gasteiger partial charge >= 0.3 is 7.12 Å². The smallest absolute Gasteiger partial charge is 0.454 e. The standard InChI is InChI=1S/C19H24BNO4/c1-4-7-24-19-10-14(5-6-18(19)23-3)16-8-13(2)9-17(21-16)15-11-20(22)25-12-15/h5-6,8-10,15,22H,4,7,11-12H2,1-3H3. The summed E-state index contributed by atoms with van der Waals surface area (Å²) in [5, 5.41) is 9.61. The van der Waals surface area contributed by atoms with E-state index in [2.05, 4.69) is 26.0 Å². The second-order valence-electron chi connectivity index (χ2n) is 6.39. The first-order valence-corrected chi connectivity index (χ1v) is 8.70. The highest BCUT2D eigenvalue weighted by atomic mass is 16.5. The van der Waals surface area contributed by atoms with Gasteiger partial charge in [-0.25, -0.2) is 0 Å². The summed E-state index contributed by atoms with van der Waals surface area (Å²) in [6.07, 6.45) is 1.52. The minimum atomic E-state index is -0.689. The molecule has 25 heavy (non-hydrogen) atoms. The SMILES string of the molecule is CCCOc1cc(-c2cc(C)cc(C3COB(O)C3)n2)ccc1OC. The maximum atomic E-state index is 9.61. The minimum Gasteiger partial charge on any atom is -0.493 e. The Bertz CT molecular complexity index is 737. The molecule has 0 bridgehead atoms. The number of aryl methyl sites for hydroxylation is 1. The summed E-state index contributed by atoms with van der Waals surface area (Å²) >= 11 is 0. The third-order valence-corrected chi connectivity index (χ3v) is 4.30. The van der Waals surface area contributed by atoms with Crippen LogP contribution in [0.15, 0.2) is 30.3 Å². The van der Waals surface area contributed by atoms with Crippen molar-refractivity contribution in [2.75, 3.05) is 20.3 Å². The minimum absolute atomic E-state index is 0.128. The van der Waals surface area contributed by atoms with Crippen LogP contribution in [0.2, 0.25) is 6.32 Å². The van der Waals surface area contributed by atoms with E-state index in [1.54, 1.807) is 7.11 Å². The van der Waals surface area contributed by atoms with Crippen molar-refractivity contribution in [2.24, 2.45) is 0 Å². The zero-order valence-corrected chi connectivity index (χ0v) is 15.0. The number of pyridine rings is 1. The van der Waals surface area contributed by atoms with E-state index >= 15 is 0 Å². The Morgan fingerprint density at radius 3 is 2.80 bits per heavy atom. The Morgan fingerprint density at radius 2 is 2.12 bits per heavy atom. The van der Waals surface area contributed by atoms with Crippen molar-refractivity contribution in [3.8, 4) is 22.8 Å². The molecule has 1 fully saturated rings. The molecule has 0 amide bonds. The molecule has 2 heterocycles. The van der Waals surface area contributed by atoms with Gasteiger partial charge in [0.15, 0.2) is 11.5 Å². The molecule has 1 aliphatic rings. The van der Waals surface area contributed by atoms with Crippen LogP contribution >= 0.6 is 0 Å². The van der Waals surface area contributed by atoms with Crippen molar-refractivity contribution >= 4 is 7.12 Å². The van der Waals surface area contributed by atoms with E-state index < -0.39 is 7.12 Å². The zero-order chi connectivity index (χ0) is 17.8. The third-order valence-electron chi connectivity index (χ3n) is 4.30. The highest BCUT2D eigenvalue weighted by Gasteiger charge is 2.30. The van der Waals surface area contributed by atoms with Gasteiger partial charge in [0.25, 0.3) is 0 Å². The lowest BCUT2D eigenvalue weighted by Gasteiger charge is -2.14. The van der Waals surface area contributed by atoms with E-state index in [0.717, 1.165) is 40.4 Å². The molecule has 6 heteroatoms. The monoisotopic (exact) mass is 341 g/mol. The number of benzene rings is 1. The molecule has 1 saturated heterocycles. The highest BCUT2D eigenvalue weighted by Crippen LogP contribution is 2.34. The first-order valence-electron chi connectivity index (χ1n) is 8.70. The topological polar surface area (TPSA) is 60.8 Å². The molecular formula is C19H24BNO4. The van der Waals surface area contributed by atoms with Gasteiger partial charge in [-0.05, 0) is 55.6 Å². The summed E-state index contributed by atoms with van der Waals surface area (Å²) in [4.78, 5) is 4.81. The van der Waals surface area contributed by atoms with E-state index in [9.17, 15) is 5.02 Å². The fourth-order valence-electron chi connectivity index (χ4n) is 3.02. The Morgan fingerprint density at radius 1 is 1.28 bits per heavy atom. The third kappa shape index (κ3) is 4.14. The Labute approximate surface area is 149 Å². The van der Waals surface area contributed by atoms with Crippen LogP contribution in [0.1, 0.15) is 30.5 Å². The molecule has 5 nitrogen and oxygen atoms in total. The number of aromatic nitrogens is 1. The lowest BCUT2D eigenvalue weighted by Crippen LogP contribution is -2.08. The lowest BCUT2D eigenvalue weighted by molar-refractivity contribution is 0.291. The summed E-state index contributed by atoms with van der Waals surface area (Å²) in [7, 11) is 0.952. The molecule has 1 N–H and O–H groups in total. The Balaban J connectivity index is 1.94. The van der Waals surface area contributed by atoms with Crippen LogP contribution in [-0.2, 0) is 4.65 Å². The van der Waals surface area contributed by atoms with Gasteiger partial charge in [0.1, 0.15) is 0 Å². The van der Waals surface area contributed by atoms with Crippen molar-refractivity contribution in [3.05, 3.63) is 41.6 Å². The molecule has 1 aliphatic heterocycles. The highest BCUT2D eigenvalue weighted by molar-refractivity contribution is 6.43. The summed E-state index contributed by atoms with van der Waals surface area (Å²) in [6, 6.07) is 9.99. The average Bonchev–Trinajstić information content (AvgIpc) is 3.05. The quantitative estimate of drug-likeness (QED) is 0.816. The van der Waals surface area contributed by atoms with Crippen LogP contribution < -0.4 is 9.47 Å². The van der Waals surface area contributed by atoms with E-state index in [4.69, 9.17) is 19.1 Å². The molecule has 0 radical (unpaired) electrons. The van der Waals surface area contributed by atoms with Gasteiger partial charge in [0.05, 0.1) is 19.4 Å². The second-order valence-corrected chi connectivity index (χ2v) is 6.39. The molecule has 1 aromatic heterocycles. The summed E-state index contributed by atoms with van der Waals surface area (Å²) in [5.41, 5.74) is 3.96. The molecule has 0 spiro atoms. The van der Waals surface area contributed by atoms with Crippen molar-refractivity contribution < 1.29 is 19.2 Å². The molecule has 1 unspecified atom stereocenters. The van der Waals surface area contributed by atoms with Crippen LogP contribution in [0, 0.1) is 6.92 Å². The number of rotatable bonds is 6. The van der Waals surface area contributed by atoms with E-state index in [1.165, 1.54) is 0 Å². The van der Waals surface area contributed by atoms with Gasteiger partial charge in [-0.3, -0.25) is 4.98 Å². The second kappa shape index (κ2) is 7.89. The largest absolute Gasteiger partial charge is 0.493 e. The maximum Gasteiger partial charge on any atom is 0.454 e. The summed E-state index contributed by atoms with van der Waals surface area (Å²) in [5.74, 6) is 1.58. The molecule has 0 aliphatic carbocycles. The van der Waals surface area contributed by atoms with Gasteiger partial charge < -0.3 is 19.2 Å². The van der Waals surface area contributed by atoms with E-state index in [-0.39, 0.29) is 5.92 Å². The van der Waals surface area contributed by atoms with Crippen molar-refractivity contribution in [3.63, 3.8) is 0 Å². The van der Waals surface area contributed by atoms with Crippen LogP contribution in [0.25, 0.3) is 11.3 Å². The van der Waals surface area contributed by atoms with E-state index in [0.29, 0.717) is 19.5 Å². The predicted octanol–water partition coefficient (Wildman–Crippen LogP) is 3.45. The predicted molar refractivity (Wildman–Crippen MR) is 98.2 cm³/mol. The molecule has 0 saturated carbocycles. The first kappa shape index (κ1) is 17.8. The number of ether oxygens (including phenoxy) is 2. The Kier molecular flexibility index (Phi) is 5.61. The lowest BCUT2D eigenvalue weighted by atomic mass is 9.81. The average molecular weight is 341 g/mol. The summed E-state index contributed by atoms with van der Waals surface area (Å²) in [6.45, 7) is 5.27. The molecule has 132 valence electrons. The van der Waals surface area contributed by atoms with Crippen LogP contribution in [0.4, 0.5) is 0 Å². The number of nitrogens with zero attached hydrogens (tertiary/aromatic N) is 1. The fourth-order valence-corrected chi connectivity index (χ4v) is 3.02. The van der Waals surface area contributed by atoms with Gasteiger partial charge in [-0.1, -0.05) is 6.92 Å². The van der Waals surface area contributed by atoms with Gasteiger partial charge in [-0.2, -0.15) is 0 Å². The zero-order valence-electron chi connectivity index (χ0n) is 15.0. The molecule has 1 aromatic carbocycles. The summed E-state index contributed by atoms with van der Waals surface area (Å²) < 4.78 is 16.5. The van der Waals surface area contributed by atoms with Crippen LogP contribution in [0.5, 0.6) is 11.5 Å². The molecule has 3 rings (SSSR count). The maximum absolute atomic E-state index is 9.61. The van der Waals surface area contributed by atoms with Crippen LogP contribution in [0.3, 0.4) is 0 Å². The normalized spacial score (nSPS) is 17.0. The van der Waals surface area contributed by atoms with Crippen molar-refractivity contribution in [2.45, 2.75) is 32.5 Å². The first-order chi connectivity index (χ1) is 12.1. The molecule has 1 atom stereocenters. The van der Waals surface area contributed by atoms with Gasteiger partial charge in [0, 0.05) is 23.8 Å².